The van der Waals surface area contributed by atoms with Gasteiger partial charge in [-0.2, -0.15) is 0 Å². The molecule has 11 heteroatoms. The van der Waals surface area contributed by atoms with E-state index in [1.165, 1.54) is 29.3 Å². The van der Waals surface area contributed by atoms with Crippen LogP contribution in [0.15, 0.2) is 30.5 Å². The zero-order valence-corrected chi connectivity index (χ0v) is 20.3. The highest BCUT2D eigenvalue weighted by atomic mass is 35.5. The number of carbonyl (C=O) groups is 2. The van der Waals surface area contributed by atoms with E-state index < -0.39 is 23.8 Å². The third-order valence-corrected chi connectivity index (χ3v) is 7.29. The van der Waals surface area contributed by atoms with E-state index >= 15 is 0 Å². The number of amides is 2. The molecule has 5 rings (SSSR count). The van der Waals surface area contributed by atoms with Crippen molar-refractivity contribution in [2.24, 2.45) is 0 Å². The number of pyridine rings is 1. The molecule has 2 atom stereocenters. The first-order chi connectivity index (χ1) is 17.3. The normalized spacial score (nSPS) is 23.0. The summed E-state index contributed by atoms with van der Waals surface area (Å²) in [6.45, 7) is 2.25. The zero-order valence-electron chi connectivity index (χ0n) is 19.6. The summed E-state index contributed by atoms with van der Waals surface area (Å²) in [7, 11) is 0. The van der Waals surface area contributed by atoms with Crippen LogP contribution in [-0.2, 0) is 4.79 Å². The van der Waals surface area contributed by atoms with E-state index in [1.807, 2.05) is 4.90 Å². The summed E-state index contributed by atoms with van der Waals surface area (Å²) >= 11 is 5.79. The molecule has 1 N–H and O–H groups in total. The maximum absolute atomic E-state index is 14.7. The van der Waals surface area contributed by atoms with Gasteiger partial charge in [0.05, 0.1) is 11.1 Å². The van der Waals surface area contributed by atoms with E-state index in [2.05, 4.69) is 4.98 Å². The maximum Gasteiger partial charge on any atom is 0.263 e. The third kappa shape index (κ3) is 4.97. The van der Waals surface area contributed by atoms with Crippen molar-refractivity contribution in [3.63, 3.8) is 0 Å². The smallest absolute Gasteiger partial charge is 0.263 e. The van der Waals surface area contributed by atoms with Crippen LogP contribution in [0.3, 0.4) is 0 Å². The van der Waals surface area contributed by atoms with Crippen LogP contribution >= 0.6 is 11.6 Å². The van der Waals surface area contributed by atoms with Gasteiger partial charge in [-0.15, -0.1) is 0 Å². The van der Waals surface area contributed by atoms with Gasteiger partial charge in [0.2, 0.25) is 0 Å². The van der Waals surface area contributed by atoms with Crippen LogP contribution in [-0.4, -0.2) is 82.7 Å². The molecule has 4 heterocycles. The topological polar surface area (TPSA) is 86.2 Å². The van der Waals surface area contributed by atoms with Crippen LogP contribution in [0.2, 0.25) is 5.02 Å². The largest absolute Gasteiger partial charge is 0.477 e. The number of carbonyl (C=O) groups excluding carboxylic acids is 2. The lowest BCUT2D eigenvalue weighted by Gasteiger charge is -2.37. The molecule has 1 aromatic heterocycles. The second kappa shape index (κ2) is 10.2. The minimum Gasteiger partial charge on any atom is -0.477 e. The number of rotatable bonds is 5. The number of hydrogen-bond donors (Lipinski definition) is 1. The van der Waals surface area contributed by atoms with Crippen molar-refractivity contribution in [3.8, 4) is 5.75 Å². The predicted molar refractivity (Wildman–Crippen MR) is 128 cm³/mol. The van der Waals surface area contributed by atoms with Crippen LogP contribution in [0.5, 0.6) is 5.75 Å². The number of aliphatic hydroxyl groups is 1. The Morgan fingerprint density at radius 2 is 1.83 bits per heavy atom. The molecule has 3 aliphatic rings. The summed E-state index contributed by atoms with van der Waals surface area (Å²) in [5, 5.41) is 9.87. The van der Waals surface area contributed by atoms with Crippen molar-refractivity contribution in [1.82, 2.24) is 14.8 Å². The molecule has 36 heavy (non-hydrogen) atoms. The highest BCUT2D eigenvalue weighted by molar-refractivity contribution is 6.30. The van der Waals surface area contributed by atoms with Crippen molar-refractivity contribution in [3.05, 3.63) is 52.7 Å². The van der Waals surface area contributed by atoms with Crippen molar-refractivity contribution in [1.29, 1.82) is 0 Å². The molecule has 1 aromatic carbocycles. The lowest BCUT2D eigenvalue weighted by molar-refractivity contribution is -0.135. The number of aliphatic hydroxyl groups excluding tert-OH is 1. The Balaban J connectivity index is 1.17. The van der Waals surface area contributed by atoms with Crippen LogP contribution in [0, 0.1) is 11.6 Å². The summed E-state index contributed by atoms with van der Waals surface area (Å²) in [5.41, 5.74) is 0.173. The quantitative estimate of drug-likeness (QED) is 0.652. The Bertz CT molecular complexity index is 1160. The number of ether oxygens (including phenoxy) is 1. The van der Waals surface area contributed by atoms with Crippen molar-refractivity contribution in [2.75, 3.05) is 37.6 Å². The molecule has 0 bridgehead atoms. The number of halogens is 3. The highest BCUT2D eigenvalue weighted by Crippen LogP contribution is 2.29. The fraction of sp³-hybridized carbons (Fsp3) is 0.480. The van der Waals surface area contributed by atoms with E-state index in [9.17, 15) is 23.5 Å². The summed E-state index contributed by atoms with van der Waals surface area (Å²) in [6, 6.07) is 5.18. The van der Waals surface area contributed by atoms with Crippen molar-refractivity contribution < 1.29 is 28.2 Å². The number of hydrogen-bond acceptors (Lipinski definition) is 6. The van der Waals surface area contributed by atoms with Crippen molar-refractivity contribution in [2.45, 2.75) is 43.9 Å². The molecule has 0 radical (unpaired) electrons. The number of piperidine rings is 1. The number of likely N-dealkylation sites (tertiary alicyclic amines) is 2. The van der Waals surface area contributed by atoms with E-state index in [4.69, 9.17) is 16.3 Å². The molecule has 0 aliphatic carbocycles. The molecule has 0 saturated carbocycles. The summed E-state index contributed by atoms with van der Waals surface area (Å²) in [6.07, 6.45) is 2.29. The van der Waals surface area contributed by atoms with Gasteiger partial charge in [-0.05, 0) is 43.5 Å². The van der Waals surface area contributed by atoms with E-state index in [-0.39, 0.29) is 46.6 Å². The maximum atomic E-state index is 14.7. The Hall–Kier alpha value is -2.98. The van der Waals surface area contributed by atoms with Gasteiger partial charge in [-0.25, -0.2) is 13.8 Å². The number of β-amino-alcohol motifs (C(OH)–C–C–N with tert-alkyl or cyclic N) is 1. The van der Waals surface area contributed by atoms with Gasteiger partial charge in [-0.1, -0.05) is 11.6 Å². The molecule has 2 amide bonds. The Kier molecular flexibility index (Phi) is 6.98. The molecule has 8 nitrogen and oxygen atoms in total. The molecular formula is C25H27ClF2N4O4. The van der Waals surface area contributed by atoms with Gasteiger partial charge in [0.25, 0.3) is 11.8 Å². The highest BCUT2D eigenvalue weighted by Gasteiger charge is 2.39. The average molecular weight is 521 g/mol. The molecule has 0 unspecified atom stereocenters. The average Bonchev–Trinajstić information content (AvgIpc) is 3.45. The first kappa shape index (κ1) is 24.7. The van der Waals surface area contributed by atoms with Crippen LogP contribution in [0.25, 0.3) is 0 Å². The molecular weight excluding hydrogens is 494 g/mol. The molecule has 3 saturated heterocycles. The number of aromatic nitrogens is 1. The Labute approximate surface area is 212 Å². The van der Waals surface area contributed by atoms with Crippen LogP contribution < -0.4 is 9.64 Å². The molecule has 192 valence electrons. The van der Waals surface area contributed by atoms with E-state index in [0.29, 0.717) is 51.9 Å². The first-order valence-corrected chi connectivity index (χ1v) is 12.5. The summed E-state index contributed by atoms with van der Waals surface area (Å²) in [5.74, 6) is -1.55. The van der Waals surface area contributed by atoms with Crippen LogP contribution in [0.4, 0.5) is 14.6 Å². The third-order valence-electron chi connectivity index (χ3n) is 7.08. The number of benzene rings is 1. The second-order valence-corrected chi connectivity index (χ2v) is 9.88. The number of anilines is 1. The SMILES string of the molecule is O=C(c1ccc(O[C@@H]2CCN(C3CCN(c4ncc(Cl)cc4F)CC3)C2=O)c(F)c1)N1CC[C@H](O)C1. The lowest BCUT2D eigenvalue weighted by atomic mass is 10.0. The second-order valence-electron chi connectivity index (χ2n) is 9.44. The van der Waals surface area contributed by atoms with Gasteiger partial charge in [0.1, 0.15) is 0 Å². The van der Waals surface area contributed by atoms with E-state index in [1.54, 1.807) is 4.90 Å². The number of nitrogens with zero attached hydrogens (tertiary/aromatic N) is 4. The molecule has 0 spiro atoms. The monoisotopic (exact) mass is 520 g/mol. The molecule has 3 fully saturated rings. The Morgan fingerprint density at radius 1 is 1.06 bits per heavy atom. The van der Waals surface area contributed by atoms with Crippen molar-refractivity contribution >= 4 is 29.2 Å². The minimum absolute atomic E-state index is 0.0154. The molecule has 3 aliphatic heterocycles. The predicted octanol–water partition coefficient (Wildman–Crippen LogP) is 2.87. The van der Waals surface area contributed by atoms with Gasteiger partial charge < -0.3 is 24.5 Å². The fourth-order valence-corrected chi connectivity index (χ4v) is 5.31. The van der Waals surface area contributed by atoms with Gasteiger partial charge in [0.15, 0.2) is 29.3 Å². The van der Waals surface area contributed by atoms with Crippen LogP contribution in [0.1, 0.15) is 36.0 Å². The summed E-state index contributed by atoms with van der Waals surface area (Å²) < 4.78 is 34.7. The zero-order chi connectivity index (χ0) is 25.4. The molecule has 2 aromatic rings. The first-order valence-electron chi connectivity index (χ1n) is 12.1. The minimum atomic E-state index is -0.803. The Morgan fingerprint density at radius 3 is 2.50 bits per heavy atom. The summed E-state index contributed by atoms with van der Waals surface area (Å²) in [4.78, 5) is 34.8. The fourth-order valence-electron chi connectivity index (χ4n) is 5.17. The van der Waals surface area contributed by atoms with Gasteiger partial charge in [-0.3, -0.25) is 9.59 Å². The van der Waals surface area contributed by atoms with Gasteiger partial charge in [0, 0.05) is 56.9 Å². The van der Waals surface area contributed by atoms with Gasteiger partial charge >= 0.3 is 0 Å². The standard InChI is InChI=1S/C25H27ClF2N4O4/c26-16-12-20(28)23(29-13-16)30-7-3-17(4-8-30)32-10-6-22(25(32)35)36-21-2-1-15(11-19(21)27)24(34)31-9-5-18(33)14-31/h1-2,11-13,17-18,22,33H,3-10,14H2/t18-,22+/m0/s1. The lowest BCUT2D eigenvalue weighted by Crippen LogP contribution is -2.47. The van der Waals surface area contributed by atoms with E-state index in [0.717, 1.165) is 6.07 Å².